The number of piperidine rings is 1. The monoisotopic (exact) mass is 577 g/mol. The van der Waals surface area contributed by atoms with Crippen LogP contribution in [0.4, 0.5) is 4.79 Å². The Balaban J connectivity index is 1.74. The number of hydrogen-bond donors (Lipinski definition) is 4. The van der Waals surface area contributed by atoms with Crippen molar-refractivity contribution in [3.05, 3.63) is 0 Å². The van der Waals surface area contributed by atoms with Crippen molar-refractivity contribution >= 4 is 35.5 Å². The quantitative estimate of drug-likeness (QED) is 0.211. The predicted octanol–water partition coefficient (Wildman–Crippen LogP) is 1.25. The van der Waals surface area contributed by atoms with E-state index in [4.69, 9.17) is 10.5 Å². The Labute approximate surface area is 242 Å². The van der Waals surface area contributed by atoms with E-state index in [1.807, 2.05) is 0 Å². The van der Waals surface area contributed by atoms with E-state index in [-0.39, 0.29) is 23.7 Å². The lowest BCUT2D eigenvalue weighted by molar-refractivity contribution is -0.158. The number of nitrogens with zero attached hydrogens (tertiary/aromatic N) is 1. The molecule has 0 radical (unpaired) electrons. The first kappa shape index (κ1) is 32.3. The molecule has 2 saturated carbocycles. The highest BCUT2D eigenvalue weighted by molar-refractivity contribution is 6.37. The van der Waals surface area contributed by atoms with Crippen LogP contribution in [0.3, 0.4) is 0 Å². The minimum atomic E-state index is -1.10. The molecule has 2 aliphatic carbocycles. The van der Waals surface area contributed by atoms with Crippen LogP contribution in [0, 0.1) is 29.1 Å². The molecule has 3 fully saturated rings. The van der Waals surface area contributed by atoms with Crippen LogP contribution in [0.15, 0.2) is 0 Å². The topological polar surface area (TPSA) is 177 Å². The average molecular weight is 578 g/mol. The molecule has 230 valence electrons. The maximum Gasteiger partial charge on any atom is 0.329 e. The van der Waals surface area contributed by atoms with Gasteiger partial charge in [-0.3, -0.25) is 19.2 Å². The van der Waals surface area contributed by atoms with Crippen LogP contribution in [0.1, 0.15) is 81.1 Å². The van der Waals surface area contributed by atoms with E-state index in [0.29, 0.717) is 13.0 Å². The number of ether oxygens (including phenoxy) is 1. The number of nitrogens with two attached hydrogens (primary N) is 1. The van der Waals surface area contributed by atoms with E-state index in [0.717, 1.165) is 19.3 Å². The summed E-state index contributed by atoms with van der Waals surface area (Å²) in [5.74, 6) is -3.39. The Kier molecular flexibility index (Phi) is 9.44. The fraction of sp³-hybridized carbons (Fsp3) is 0.793. The Morgan fingerprint density at radius 3 is 2.05 bits per heavy atom. The molecular weight excluding hydrogens is 530 g/mol. The fourth-order valence-electron chi connectivity index (χ4n) is 5.37. The number of ketones is 1. The molecule has 3 aliphatic rings. The molecule has 41 heavy (non-hydrogen) atoms. The van der Waals surface area contributed by atoms with Crippen molar-refractivity contribution in [3.8, 4) is 0 Å². The number of carbonyl (C=O) groups is 6. The summed E-state index contributed by atoms with van der Waals surface area (Å²) in [7, 11) is 0. The first-order valence-electron chi connectivity index (χ1n) is 14.5. The Bertz CT molecular complexity index is 1070. The van der Waals surface area contributed by atoms with Gasteiger partial charge < -0.3 is 31.3 Å². The molecule has 0 aromatic carbocycles. The number of likely N-dealkylation sites (tertiary alicyclic amines) is 1. The molecule has 1 aliphatic heterocycles. The van der Waals surface area contributed by atoms with Gasteiger partial charge in [0.15, 0.2) is 0 Å². The van der Waals surface area contributed by atoms with Gasteiger partial charge in [-0.1, -0.05) is 47.5 Å². The highest BCUT2D eigenvalue weighted by Crippen LogP contribution is 2.50. The van der Waals surface area contributed by atoms with Gasteiger partial charge in [0, 0.05) is 6.54 Å². The summed E-state index contributed by atoms with van der Waals surface area (Å²) in [6.07, 6.45) is 2.95. The number of primary amides is 1. The molecule has 1 unspecified atom stereocenters. The summed E-state index contributed by atoms with van der Waals surface area (Å²) < 4.78 is 5.46. The van der Waals surface area contributed by atoms with E-state index in [1.165, 1.54) is 4.90 Å². The van der Waals surface area contributed by atoms with Crippen molar-refractivity contribution < 1.29 is 33.5 Å². The van der Waals surface area contributed by atoms with Crippen LogP contribution in [-0.4, -0.2) is 76.7 Å². The minimum Gasteiger partial charge on any atom is -0.458 e. The molecule has 5 amide bonds. The van der Waals surface area contributed by atoms with Gasteiger partial charge in [-0.25, -0.2) is 9.59 Å². The molecule has 1 heterocycles. The zero-order chi connectivity index (χ0) is 31.0. The van der Waals surface area contributed by atoms with Crippen molar-refractivity contribution in [1.82, 2.24) is 20.9 Å². The van der Waals surface area contributed by atoms with Crippen LogP contribution in [0.25, 0.3) is 0 Å². The summed E-state index contributed by atoms with van der Waals surface area (Å²) in [4.78, 5) is 78.8. The number of hydrogen-bond acceptors (Lipinski definition) is 7. The molecule has 1 saturated heterocycles. The van der Waals surface area contributed by atoms with E-state index in [1.54, 1.807) is 55.4 Å². The molecule has 0 aromatic rings. The molecule has 12 nitrogen and oxygen atoms in total. The lowest BCUT2D eigenvalue weighted by Gasteiger charge is -2.37. The van der Waals surface area contributed by atoms with Crippen molar-refractivity contribution in [2.45, 2.75) is 111 Å². The van der Waals surface area contributed by atoms with Gasteiger partial charge in [0.2, 0.25) is 17.6 Å². The minimum absolute atomic E-state index is 0.0591. The average Bonchev–Trinajstić information content (AvgIpc) is 3.75. The standard InChI is InChI=1S/C29H47N5O7/c1-14(2)19(26(39)41-29(6,7)8)32-27(40)33-22(28(3,4)5)25(38)34-13-16-12-17(16)20(34)24(37)31-18(11-15-9-10-15)21(35)23(30)36/h14-20,22H,9-13H2,1-8H3,(H2,30,36)(H,31,37)(H2,32,33,40)/t16-,17-,18?,19-,20-,22+/m0/s1. The lowest BCUT2D eigenvalue weighted by atomic mass is 9.85. The first-order chi connectivity index (χ1) is 18.8. The second kappa shape index (κ2) is 12.0. The van der Waals surface area contributed by atoms with Crippen LogP contribution < -0.4 is 21.7 Å². The third kappa shape index (κ3) is 8.42. The Morgan fingerprint density at radius 2 is 1.56 bits per heavy atom. The maximum atomic E-state index is 13.9. The summed E-state index contributed by atoms with van der Waals surface area (Å²) >= 11 is 0. The van der Waals surface area contributed by atoms with E-state index >= 15 is 0 Å². The number of carbonyl (C=O) groups excluding carboxylic acids is 6. The molecule has 12 heteroatoms. The molecule has 0 bridgehead atoms. The zero-order valence-corrected chi connectivity index (χ0v) is 25.5. The Hall–Kier alpha value is -3.18. The van der Waals surface area contributed by atoms with Gasteiger partial charge in [0.05, 0.1) is 6.04 Å². The van der Waals surface area contributed by atoms with Crippen LogP contribution in [0.2, 0.25) is 0 Å². The third-order valence-electron chi connectivity index (χ3n) is 7.85. The second-order valence-electron chi connectivity index (χ2n) is 14.2. The summed E-state index contributed by atoms with van der Waals surface area (Å²) in [5.41, 5.74) is 3.75. The number of esters is 1. The zero-order valence-electron chi connectivity index (χ0n) is 25.5. The molecule has 3 rings (SSSR count). The van der Waals surface area contributed by atoms with E-state index in [2.05, 4.69) is 16.0 Å². The molecule has 0 spiro atoms. The number of fused-ring (bicyclic) bond motifs is 1. The molecule has 0 aromatic heterocycles. The number of rotatable bonds is 11. The van der Waals surface area contributed by atoms with E-state index in [9.17, 15) is 28.8 Å². The normalized spacial score (nSPS) is 24.0. The Morgan fingerprint density at radius 1 is 0.951 bits per heavy atom. The summed E-state index contributed by atoms with van der Waals surface area (Å²) in [6.45, 7) is 14.5. The molecular formula is C29H47N5O7. The maximum absolute atomic E-state index is 13.9. The smallest absolute Gasteiger partial charge is 0.329 e. The first-order valence-corrected chi connectivity index (χ1v) is 14.5. The fourth-order valence-corrected chi connectivity index (χ4v) is 5.37. The van der Waals surface area contributed by atoms with Crippen molar-refractivity contribution in [1.29, 1.82) is 0 Å². The molecule has 6 atom stereocenters. The third-order valence-corrected chi connectivity index (χ3v) is 7.85. The number of nitrogens with one attached hydrogen (secondary N) is 3. The van der Waals surface area contributed by atoms with E-state index < -0.39 is 70.7 Å². The van der Waals surface area contributed by atoms with Gasteiger partial charge in [0.1, 0.15) is 23.7 Å². The highest BCUT2D eigenvalue weighted by Gasteiger charge is 2.58. The van der Waals surface area contributed by atoms with Gasteiger partial charge in [0.25, 0.3) is 5.91 Å². The molecule has 5 N–H and O–H groups in total. The number of urea groups is 1. The van der Waals surface area contributed by atoms with Gasteiger partial charge >= 0.3 is 12.0 Å². The lowest BCUT2D eigenvalue weighted by Crippen LogP contribution is -2.62. The van der Waals surface area contributed by atoms with Crippen LogP contribution >= 0.6 is 0 Å². The SMILES string of the molecule is CC(C)[C@H](NC(=O)N[C@H](C(=O)N1C[C@@H]2C[C@@H]2[C@H]1C(=O)NC(CC1CC1)C(=O)C(N)=O)C(C)(C)C)C(=O)OC(C)(C)C. The van der Waals surface area contributed by atoms with Crippen molar-refractivity contribution in [2.24, 2.45) is 34.8 Å². The van der Waals surface area contributed by atoms with Crippen LogP contribution in [-0.2, 0) is 28.7 Å². The van der Waals surface area contributed by atoms with Crippen molar-refractivity contribution in [3.63, 3.8) is 0 Å². The van der Waals surface area contributed by atoms with Gasteiger partial charge in [-0.05, 0) is 62.7 Å². The second-order valence-corrected chi connectivity index (χ2v) is 14.2. The number of amides is 5. The van der Waals surface area contributed by atoms with Gasteiger partial charge in [-0.2, -0.15) is 0 Å². The highest BCUT2D eigenvalue weighted by atomic mass is 16.6. The number of Topliss-reactive ketones (excluding diaryl/α,β-unsaturated/α-hetero) is 1. The van der Waals surface area contributed by atoms with Gasteiger partial charge in [-0.15, -0.1) is 0 Å². The van der Waals surface area contributed by atoms with Crippen LogP contribution in [0.5, 0.6) is 0 Å². The summed E-state index contributed by atoms with van der Waals surface area (Å²) in [5, 5.41) is 8.10. The largest absolute Gasteiger partial charge is 0.458 e. The summed E-state index contributed by atoms with van der Waals surface area (Å²) in [6, 6.07) is -4.50. The van der Waals surface area contributed by atoms with Crippen molar-refractivity contribution in [2.75, 3.05) is 6.54 Å². The predicted molar refractivity (Wildman–Crippen MR) is 150 cm³/mol.